The Bertz CT molecular complexity index is 1990. The molecule has 4 aromatic rings. The molecule has 2 saturated heterocycles. The zero-order valence-electron chi connectivity index (χ0n) is 28.7. The van der Waals surface area contributed by atoms with Gasteiger partial charge in [0.15, 0.2) is 0 Å². The highest BCUT2D eigenvalue weighted by Gasteiger charge is 2.32. The van der Waals surface area contributed by atoms with Crippen LogP contribution in [0.15, 0.2) is 24.3 Å². The number of nitriles is 1. The van der Waals surface area contributed by atoms with Crippen LogP contribution in [0.2, 0.25) is 0 Å². The lowest BCUT2D eigenvalue weighted by Crippen LogP contribution is -2.46. The van der Waals surface area contributed by atoms with Gasteiger partial charge in [-0.25, -0.2) is 13.1 Å². The van der Waals surface area contributed by atoms with E-state index < -0.39 is 22.6 Å². The molecule has 0 unspecified atom stereocenters. The van der Waals surface area contributed by atoms with Crippen molar-refractivity contribution in [3.8, 4) is 12.1 Å². The minimum Gasteiger partial charge on any atom is -0.467 e. The average Bonchev–Trinajstić information content (AvgIpc) is 3.66. The Morgan fingerprint density at radius 2 is 1.82 bits per heavy atom. The molecular weight excluding hydrogens is 690 g/mol. The van der Waals surface area contributed by atoms with Crippen LogP contribution in [0, 0.1) is 18.3 Å². The summed E-state index contributed by atoms with van der Waals surface area (Å²) in [7, 11) is -0.372. The molecule has 1 atom stereocenters. The summed E-state index contributed by atoms with van der Waals surface area (Å²) in [4.78, 5) is 14.1. The van der Waals surface area contributed by atoms with Gasteiger partial charge < -0.3 is 14.6 Å². The fraction of sp³-hybridized carbons (Fsp3) is 0.559. The summed E-state index contributed by atoms with van der Waals surface area (Å²) >= 11 is 1.01. The maximum absolute atomic E-state index is 13.1. The van der Waals surface area contributed by atoms with Crippen LogP contribution < -0.4 is 14.8 Å². The quantitative estimate of drug-likeness (QED) is 0.208. The lowest BCUT2D eigenvalue weighted by molar-refractivity contribution is -0.126. The molecule has 0 radical (unpaired) electrons. The van der Waals surface area contributed by atoms with Crippen LogP contribution in [0.5, 0.6) is 6.01 Å². The second-order valence-corrected chi connectivity index (χ2v) is 16.6. The van der Waals surface area contributed by atoms with E-state index in [9.17, 15) is 26.9 Å². The summed E-state index contributed by atoms with van der Waals surface area (Å²) in [5.74, 6) is 0.495. The van der Waals surface area contributed by atoms with Gasteiger partial charge in [-0.05, 0) is 89.0 Å². The summed E-state index contributed by atoms with van der Waals surface area (Å²) in [6.45, 7) is 8.68. The Balaban J connectivity index is 1.09. The number of fused-ring (bicyclic) bond motifs is 2. The topological polar surface area (TPSA) is 128 Å². The largest absolute Gasteiger partial charge is 0.467 e. The SMILES string of the molecule is CNS(=O)(=O)C1CCN([C@@H](C)Cn2c(C#N)cc3c(C)c(CN4CCC(Nc5nc(OC)nc6sc(CC(F)(F)F)cc56)CC4)ccc32)CC1. The average molecular weight is 733 g/mol. The molecule has 2 fully saturated rings. The van der Waals surface area contributed by atoms with Gasteiger partial charge in [-0.15, -0.1) is 11.3 Å². The molecular formula is C34H43F3N8O3S2. The fourth-order valence-corrected chi connectivity index (χ4v) is 9.48. The molecule has 3 aromatic heterocycles. The molecule has 11 nitrogen and oxygen atoms in total. The molecule has 2 aliphatic heterocycles. The Kier molecular flexibility index (Phi) is 10.6. The number of hydrogen-bond donors (Lipinski definition) is 2. The minimum atomic E-state index is -4.30. The Hall–Kier alpha value is -3.49. The summed E-state index contributed by atoms with van der Waals surface area (Å²) in [6, 6.07) is 10.5. The van der Waals surface area contributed by atoms with Crippen LogP contribution in [-0.2, 0) is 29.5 Å². The van der Waals surface area contributed by atoms with E-state index in [2.05, 4.69) is 66.4 Å². The number of aromatic nitrogens is 3. The summed E-state index contributed by atoms with van der Waals surface area (Å²) in [5.41, 5.74) is 3.97. The van der Waals surface area contributed by atoms with Gasteiger partial charge in [-0.1, -0.05) is 6.07 Å². The Labute approximate surface area is 294 Å². The fourth-order valence-electron chi connectivity index (χ4n) is 7.26. The van der Waals surface area contributed by atoms with Gasteiger partial charge in [0.1, 0.15) is 22.4 Å². The molecule has 0 spiro atoms. The number of thiophene rings is 1. The molecule has 0 saturated carbocycles. The number of rotatable bonds is 11. The molecule has 2 N–H and O–H groups in total. The van der Waals surface area contributed by atoms with Gasteiger partial charge in [0.2, 0.25) is 10.0 Å². The first kappa shape index (κ1) is 36.3. The Morgan fingerprint density at radius 3 is 2.46 bits per heavy atom. The minimum absolute atomic E-state index is 0.0938. The lowest BCUT2D eigenvalue weighted by atomic mass is 10.0. The van der Waals surface area contributed by atoms with E-state index in [0.717, 1.165) is 60.3 Å². The number of methoxy groups -OCH3 is 1. The van der Waals surface area contributed by atoms with Crippen molar-refractivity contribution in [2.24, 2.45) is 0 Å². The number of alkyl halides is 3. The molecule has 0 bridgehead atoms. The second-order valence-electron chi connectivity index (χ2n) is 13.3. The van der Waals surface area contributed by atoms with Crippen molar-refractivity contribution in [3.63, 3.8) is 0 Å². The van der Waals surface area contributed by atoms with Gasteiger partial charge in [-0.3, -0.25) is 9.80 Å². The molecule has 16 heteroatoms. The van der Waals surface area contributed by atoms with Crippen molar-refractivity contribution >= 4 is 48.3 Å². The van der Waals surface area contributed by atoms with E-state index in [0.29, 0.717) is 54.2 Å². The van der Waals surface area contributed by atoms with Crippen molar-refractivity contribution in [3.05, 3.63) is 46.0 Å². The molecule has 270 valence electrons. The number of nitrogens with one attached hydrogen (secondary N) is 2. The predicted molar refractivity (Wildman–Crippen MR) is 189 cm³/mol. The normalized spacial score (nSPS) is 18.1. The first-order chi connectivity index (χ1) is 23.8. The van der Waals surface area contributed by atoms with Crippen molar-refractivity contribution in [2.45, 2.75) is 82.6 Å². The van der Waals surface area contributed by atoms with Crippen molar-refractivity contribution in [2.75, 3.05) is 45.7 Å². The predicted octanol–water partition coefficient (Wildman–Crippen LogP) is 5.42. The zero-order chi connectivity index (χ0) is 35.8. The molecule has 0 aliphatic carbocycles. The maximum atomic E-state index is 13.1. The first-order valence-electron chi connectivity index (χ1n) is 16.9. The number of hydrogen-bond acceptors (Lipinski definition) is 10. The van der Waals surface area contributed by atoms with Crippen molar-refractivity contribution in [1.82, 2.24) is 29.1 Å². The third-order valence-corrected chi connectivity index (χ3v) is 13.1. The van der Waals surface area contributed by atoms with E-state index >= 15 is 0 Å². The van der Waals surface area contributed by atoms with Gasteiger partial charge in [0.05, 0.1) is 24.2 Å². The molecule has 5 heterocycles. The van der Waals surface area contributed by atoms with E-state index in [1.54, 1.807) is 0 Å². The summed E-state index contributed by atoms with van der Waals surface area (Å²) in [6.07, 6.45) is -2.48. The molecule has 50 heavy (non-hydrogen) atoms. The van der Waals surface area contributed by atoms with E-state index in [-0.39, 0.29) is 28.2 Å². The second kappa shape index (κ2) is 14.6. The van der Waals surface area contributed by atoms with E-state index in [1.807, 2.05) is 6.07 Å². The van der Waals surface area contributed by atoms with Gasteiger partial charge >= 0.3 is 12.2 Å². The van der Waals surface area contributed by atoms with Crippen LogP contribution in [-0.4, -0.2) is 96.6 Å². The zero-order valence-corrected chi connectivity index (χ0v) is 30.3. The number of halogens is 3. The molecule has 0 amide bonds. The Morgan fingerprint density at radius 1 is 1.10 bits per heavy atom. The van der Waals surface area contributed by atoms with Gasteiger partial charge in [0, 0.05) is 54.0 Å². The highest BCUT2D eigenvalue weighted by Crippen LogP contribution is 2.35. The highest BCUT2D eigenvalue weighted by atomic mass is 32.2. The number of benzene rings is 1. The number of sulfonamides is 1. The lowest BCUT2D eigenvalue weighted by Gasteiger charge is -2.36. The smallest absolute Gasteiger partial charge is 0.393 e. The number of nitrogens with zero attached hydrogens (tertiary/aromatic N) is 6. The number of anilines is 1. The van der Waals surface area contributed by atoms with Gasteiger partial charge in [0.25, 0.3) is 0 Å². The van der Waals surface area contributed by atoms with Crippen LogP contribution in [0.4, 0.5) is 19.0 Å². The summed E-state index contributed by atoms with van der Waals surface area (Å²) in [5, 5.41) is 14.8. The number of piperidine rings is 2. The number of aryl methyl sites for hydroxylation is 1. The van der Waals surface area contributed by atoms with Crippen molar-refractivity contribution in [1.29, 1.82) is 5.26 Å². The van der Waals surface area contributed by atoms with Crippen LogP contribution >= 0.6 is 11.3 Å². The van der Waals surface area contributed by atoms with E-state index in [4.69, 9.17) is 4.74 Å². The third-order valence-electron chi connectivity index (χ3n) is 10.2. The monoisotopic (exact) mass is 732 g/mol. The van der Waals surface area contributed by atoms with Crippen LogP contribution in [0.1, 0.15) is 54.3 Å². The van der Waals surface area contributed by atoms with Crippen molar-refractivity contribution < 1.29 is 26.3 Å². The van der Waals surface area contributed by atoms with Crippen LogP contribution in [0.25, 0.3) is 21.1 Å². The highest BCUT2D eigenvalue weighted by molar-refractivity contribution is 7.90. The maximum Gasteiger partial charge on any atom is 0.393 e. The van der Waals surface area contributed by atoms with Gasteiger partial charge in [-0.2, -0.15) is 28.4 Å². The number of likely N-dealkylation sites (tertiary alicyclic amines) is 2. The number of ether oxygens (including phenoxy) is 1. The summed E-state index contributed by atoms with van der Waals surface area (Å²) < 4.78 is 73.5. The molecule has 6 rings (SSSR count). The third kappa shape index (κ3) is 7.86. The molecule has 1 aromatic carbocycles. The first-order valence-corrected chi connectivity index (χ1v) is 19.2. The van der Waals surface area contributed by atoms with Crippen LogP contribution in [0.3, 0.4) is 0 Å². The van der Waals surface area contributed by atoms with E-state index in [1.165, 1.54) is 25.8 Å². The molecule has 2 aliphatic rings. The standard InChI is InChI=1S/C34H43F3N8O3S2/c1-21(44-13-9-27(10-14-44)50(46,47)39-3)19-45-25(18-38)15-28-22(2)23(5-6-30(28)45)20-43-11-7-24(8-12-43)40-31-29-16-26(17-34(35,36)37)49-32(29)42-33(41-31)48-4/h5-6,15-16,21,24,27,39H,7-14,17,19-20H2,1-4H3,(H,40,41,42)/t21-/m0/s1.